The van der Waals surface area contributed by atoms with Crippen LogP contribution in [0.25, 0.3) is 11.1 Å². The second-order valence-electron chi connectivity index (χ2n) is 18.9. The summed E-state index contributed by atoms with van der Waals surface area (Å²) >= 11 is 0. The van der Waals surface area contributed by atoms with Crippen LogP contribution in [-0.4, -0.2) is 56.6 Å². The van der Waals surface area contributed by atoms with Crippen LogP contribution in [0.1, 0.15) is 61.3 Å². The standard InChI is InChI=1S/2C32H25FN4O8.Co/c2*1-3-19-17-27(34-30(19)44-22-13-9-20(10-14-22)36(39)40)29(24-7-5-6-8-26(24)33)28-18-25(32(38)43-4-2)31(35-28)45-23-15-11-21(12-16-23)37(41)42;/h2*5-18H,3-4H2,1-2H3,(H,34,35,38);/q;;+2/p-2. The summed E-state index contributed by atoms with van der Waals surface area (Å²) in [4.78, 5) is 86.3. The van der Waals surface area contributed by atoms with Gasteiger partial charge < -0.3 is 38.4 Å². The van der Waals surface area contributed by atoms with Crippen molar-refractivity contribution in [1.29, 1.82) is 0 Å². The number of non-ortho nitro benzene ring substituents is 4. The summed E-state index contributed by atoms with van der Waals surface area (Å²) in [5.74, 6) is -1.60. The zero-order chi connectivity index (χ0) is 64.2. The van der Waals surface area contributed by atoms with Crippen LogP contribution in [-0.2, 0) is 48.7 Å². The number of benzene rings is 6. The molecule has 0 bridgehead atoms. The average Bonchev–Trinajstić information content (AvgIpc) is 1.70. The SMILES string of the molecule is CCOC(=O)C1=C/C(=C(/c2cc(CC)c(Oc3ccc([N+](=O)[O-])cc3)[n-]2)c2ccccc2F)N=C1Oc1ccc([N+](=O)[O-])cc1.CCOC(=O)C1=C/C(=C(/c2cc(CC)c(Oc3ccc([N+](=O)[O-])cc3)[n-]2)c2ccccc2F)N=C1Oc1ccc([N+](=O)[O-])cc1.[Co+2]. The Morgan fingerprint density at radius 1 is 0.451 bits per heavy atom. The molecule has 0 atom stereocenters. The van der Waals surface area contributed by atoms with Gasteiger partial charge in [0.15, 0.2) is 0 Å². The van der Waals surface area contributed by atoms with E-state index in [1.165, 1.54) is 146 Å². The minimum atomic E-state index is -0.743. The van der Waals surface area contributed by atoms with Gasteiger partial charge >= 0.3 is 28.7 Å². The summed E-state index contributed by atoms with van der Waals surface area (Å²) in [6, 6.07) is 36.8. The fourth-order valence-electron chi connectivity index (χ4n) is 8.87. The molecule has 8 aromatic rings. The fourth-order valence-corrected chi connectivity index (χ4v) is 8.87. The molecule has 2 aliphatic rings. The van der Waals surface area contributed by atoms with Crippen molar-refractivity contribution in [1.82, 2.24) is 9.97 Å². The molecule has 2 aromatic heterocycles. The van der Waals surface area contributed by atoms with Crippen molar-refractivity contribution in [3.63, 3.8) is 0 Å². The molecule has 10 rings (SSSR count). The smallest absolute Gasteiger partial charge is 0.626 e. The van der Waals surface area contributed by atoms with Crippen molar-refractivity contribution >= 4 is 57.6 Å². The first-order chi connectivity index (χ1) is 43.4. The predicted molar refractivity (Wildman–Crippen MR) is 321 cm³/mol. The summed E-state index contributed by atoms with van der Waals surface area (Å²) < 4.78 is 64.8. The average molecular weight is 1280 g/mol. The Morgan fingerprint density at radius 3 is 1.02 bits per heavy atom. The molecule has 91 heavy (non-hydrogen) atoms. The first-order valence-electron chi connectivity index (χ1n) is 27.3. The minimum Gasteiger partial charge on any atom is -0.626 e. The number of hydrogen-bond donors (Lipinski definition) is 0. The first kappa shape index (κ1) is 65.3. The monoisotopic (exact) mass is 1280 g/mol. The summed E-state index contributed by atoms with van der Waals surface area (Å²) in [6.45, 7) is 7.15. The van der Waals surface area contributed by atoms with Crippen LogP contribution in [0.3, 0.4) is 0 Å². The molecule has 463 valence electrons. The topological polar surface area (TPSA) is 315 Å². The van der Waals surface area contributed by atoms with E-state index < -0.39 is 43.3 Å². The summed E-state index contributed by atoms with van der Waals surface area (Å²) in [7, 11) is 0. The minimum absolute atomic E-state index is 0. The quantitative estimate of drug-likeness (QED) is 0.0389. The number of carbonyl (C=O) groups is 2. The Hall–Kier alpha value is -11.7. The molecule has 0 aliphatic carbocycles. The number of ether oxygens (including phenoxy) is 6. The molecule has 0 fully saturated rings. The Balaban J connectivity index is 0.000000232. The van der Waals surface area contributed by atoms with Gasteiger partial charge in [-0.1, -0.05) is 62.4 Å². The van der Waals surface area contributed by atoms with Gasteiger partial charge in [0.05, 0.1) is 44.3 Å². The van der Waals surface area contributed by atoms with Gasteiger partial charge in [0.2, 0.25) is 11.8 Å². The van der Waals surface area contributed by atoms with Crippen LogP contribution >= 0.6 is 0 Å². The van der Waals surface area contributed by atoms with Crippen LogP contribution in [0.5, 0.6) is 34.8 Å². The number of hydrogen-bond acceptors (Lipinski definition) is 18. The van der Waals surface area contributed by atoms with Crippen LogP contribution in [0.2, 0.25) is 0 Å². The van der Waals surface area contributed by atoms with Crippen molar-refractivity contribution in [2.24, 2.45) is 9.98 Å². The second-order valence-corrected chi connectivity index (χ2v) is 18.9. The van der Waals surface area contributed by atoms with E-state index in [1.807, 2.05) is 13.8 Å². The number of aliphatic imine (C=N–C) groups is 2. The van der Waals surface area contributed by atoms with Gasteiger partial charge in [-0.15, -0.1) is 11.4 Å². The zero-order valence-corrected chi connectivity index (χ0v) is 49.2. The maximum atomic E-state index is 15.3. The molecule has 4 heterocycles. The molecule has 0 amide bonds. The van der Waals surface area contributed by atoms with Crippen LogP contribution in [0.4, 0.5) is 31.5 Å². The van der Waals surface area contributed by atoms with E-state index in [1.54, 1.807) is 38.1 Å². The fraction of sp³-hybridized carbons (Fsp3) is 0.125. The number of esters is 2. The zero-order valence-electron chi connectivity index (χ0n) is 48.2. The molecule has 0 saturated heterocycles. The molecule has 0 unspecified atom stereocenters. The number of allylic oxidation sites excluding steroid dienone is 2. The van der Waals surface area contributed by atoms with Crippen LogP contribution in [0.15, 0.2) is 202 Å². The van der Waals surface area contributed by atoms with Crippen molar-refractivity contribution in [2.45, 2.75) is 40.5 Å². The van der Waals surface area contributed by atoms with E-state index in [0.29, 0.717) is 35.5 Å². The van der Waals surface area contributed by atoms with Gasteiger partial charge in [-0.25, -0.2) is 28.4 Å². The molecule has 0 spiro atoms. The van der Waals surface area contributed by atoms with E-state index in [2.05, 4.69) is 20.0 Å². The molecular weight excluding hydrogens is 1230 g/mol. The van der Waals surface area contributed by atoms with E-state index in [4.69, 9.17) is 28.4 Å². The summed E-state index contributed by atoms with van der Waals surface area (Å²) in [5, 5.41) is 44.2. The normalized spacial score (nSPS) is 13.3. The van der Waals surface area contributed by atoms with Crippen molar-refractivity contribution in [3.05, 3.63) is 278 Å². The number of nitro benzene ring substituents is 4. The second kappa shape index (κ2) is 29.3. The maximum Gasteiger partial charge on any atom is 2.00 e. The van der Waals surface area contributed by atoms with E-state index in [-0.39, 0.29) is 144 Å². The van der Waals surface area contributed by atoms with Crippen molar-refractivity contribution in [2.75, 3.05) is 13.2 Å². The molecular formula is C64H48CoF2N8O16. The van der Waals surface area contributed by atoms with E-state index in [0.717, 1.165) is 0 Å². The van der Waals surface area contributed by atoms with Gasteiger partial charge in [-0.05, 0) is 122 Å². The third-order valence-corrected chi connectivity index (χ3v) is 13.2. The summed E-state index contributed by atoms with van der Waals surface area (Å²) in [5.41, 5.74) is 2.28. The third-order valence-electron chi connectivity index (χ3n) is 13.2. The van der Waals surface area contributed by atoms with E-state index >= 15 is 8.78 Å². The molecule has 0 saturated carbocycles. The molecule has 2 aliphatic heterocycles. The molecule has 1 radical (unpaired) electrons. The van der Waals surface area contributed by atoms with Crippen LogP contribution in [0, 0.1) is 52.1 Å². The van der Waals surface area contributed by atoms with Crippen molar-refractivity contribution in [3.8, 4) is 34.8 Å². The Morgan fingerprint density at radius 2 is 0.747 bits per heavy atom. The Labute approximate surface area is 525 Å². The first-order valence-corrected chi connectivity index (χ1v) is 27.3. The largest absolute Gasteiger partial charge is 2.00 e. The van der Waals surface area contributed by atoms with Gasteiger partial charge in [-0.3, -0.25) is 40.5 Å². The number of nitro groups is 4. The Bertz CT molecular complexity index is 4030. The Kier molecular flexibility index (Phi) is 21.0. The number of rotatable bonds is 20. The molecule has 6 aromatic carbocycles. The number of halogens is 2. The summed E-state index contributed by atoms with van der Waals surface area (Å²) in [6.07, 6.45) is 3.77. The number of aromatic nitrogens is 2. The van der Waals surface area contributed by atoms with Crippen LogP contribution < -0.4 is 28.9 Å². The van der Waals surface area contributed by atoms with E-state index in [9.17, 15) is 50.0 Å². The van der Waals surface area contributed by atoms with Gasteiger partial charge in [0.1, 0.15) is 45.8 Å². The third kappa shape index (κ3) is 15.3. The van der Waals surface area contributed by atoms with Crippen molar-refractivity contribution < 1.29 is 83.3 Å². The molecule has 27 heteroatoms. The molecule has 0 N–H and O–H groups in total. The predicted octanol–water partition coefficient (Wildman–Crippen LogP) is 13.4. The van der Waals surface area contributed by atoms with Gasteiger partial charge in [-0.2, -0.15) is 0 Å². The van der Waals surface area contributed by atoms with Gasteiger partial charge in [0, 0.05) is 71.4 Å². The number of carbonyl (C=O) groups excluding carboxylic acids is 2. The molecule has 24 nitrogen and oxygen atoms in total. The number of nitrogens with zero attached hydrogens (tertiary/aromatic N) is 8. The maximum absolute atomic E-state index is 15.3. The number of aryl methyl sites for hydroxylation is 2. The van der Waals surface area contributed by atoms with Gasteiger partial charge in [0.25, 0.3) is 22.7 Å².